The molecular formula is C17H15FN2OS. The predicted molar refractivity (Wildman–Crippen MR) is 88.1 cm³/mol. The van der Waals surface area contributed by atoms with Crippen LogP contribution in [0.4, 0.5) is 10.1 Å². The molecule has 1 aromatic heterocycles. The summed E-state index contributed by atoms with van der Waals surface area (Å²) in [5, 5.41) is 0.933. The zero-order valence-corrected chi connectivity index (χ0v) is 13.2. The van der Waals surface area contributed by atoms with Crippen molar-refractivity contribution in [2.45, 2.75) is 13.5 Å². The molecule has 3 aromatic rings. The van der Waals surface area contributed by atoms with Crippen LogP contribution in [-0.2, 0) is 6.54 Å². The Morgan fingerprint density at radius 2 is 2.00 bits per heavy atom. The standard InChI is InChI=1S/C17H15FN2OS/c1-11(21)17-12(18)6-5-8-14(17)20(2)10-16-19-13-7-3-4-9-15(13)22-16/h3-9H,10H2,1-2H3. The van der Waals surface area contributed by atoms with Gasteiger partial charge in [0.2, 0.25) is 0 Å². The summed E-state index contributed by atoms with van der Waals surface area (Å²) >= 11 is 1.61. The van der Waals surface area contributed by atoms with Gasteiger partial charge in [-0.05, 0) is 31.2 Å². The molecule has 22 heavy (non-hydrogen) atoms. The molecule has 0 aliphatic heterocycles. The molecule has 0 aliphatic carbocycles. The van der Waals surface area contributed by atoms with Crippen molar-refractivity contribution >= 4 is 33.0 Å². The molecule has 112 valence electrons. The maximum absolute atomic E-state index is 13.9. The predicted octanol–water partition coefficient (Wildman–Crippen LogP) is 4.27. The number of Topliss-reactive ketones (excluding diaryl/α,β-unsaturated/α-hetero) is 1. The van der Waals surface area contributed by atoms with Gasteiger partial charge in [-0.25, -0.2) is 9.37 Å². The molecule has 1 heterocycles. The van der Waals surface area contributed by atoms with E-state index in [4.69, 9.17) is 0 Å². The first kappa shape index (κ1) is 14.7. The van der Waals surface area contributed by atoms with E-state index in [1.165, 1.54) is 13.0 Å². The molecule has 0 spiro atoms. The van der Waals surface area contributed by atoms with Gasteiger partial charge < -0.3 is 4.90 Å². The smallest absolute Gasteiger partial charge is 0.164 e. The molecule has 0 saturated carbocycles. The van der Waals surface area contributed by atoms with Crippen molar-refractivity contribution in [2.75, 3.05) is 11.9 Å². The van der Waals surface area contributed by atoms with E-state index < -0.39 is 5.82 Å². The molecule has 0 bridgehead atoms. The average Bonchev–Trinajstić information content (AvgIpc) is 2.88. The van der Waals surface area contributed by atoms with E-state index in [2.05, 4.69) is 4.98 Å². The normalized spacial score (nSPS) is 10.9. The minimum absolute atomic E-state index is 0.131. The molecule has 5 heteroatoms. The Morgan fingerprint density at radius 1 is 1.23 bits per heavy atom. The topological polar surface area (TPSA) is 33.2 Å². The number of halogens is 1. The fourth-order valence-electron chi connectivity index (χ4n) is 2.45. The average molecular weight is 314 g/mol. The molecule has 0 unspecified atom stereocenters. The van der Waals surface area contributed by atoms with Crippen molar-refractivity contribution in [3.63, 3.8) is 0 Å². The Bertz CT molecular complexity index is 811. The first-order chi connectivity index (χ1) is 10.6. The van der Waals surface area contributed by atoms with Crippen LogP contribution in [0.25, 0.3) is 10.2 Å². The number of benzene rings is 2. The number of thiazole rings is 1. The zero-order chi connectivity index (χ0) is 15.7. The Morgan fingerprint density at radius 3 is 2.73 bits per heavy atom. The quantitative estimate of drug-likeness (QED) is 0.674. The van der Waals surface area contributed by atoms with Crippen molar-refractivity contribution < 1.29 is 9.18 Å². The number of anilines is 1. The number of para-hydroxylation sites is 1. The Balaban J connectivity index is 1.93. The highest BCUT2D eigenvalue weighted by atomic mass is 32.1. The first-order valence-electron chi connectivity index (χ1n) is 6.91. The van der Waals surface area contributed by atoms with Crippen LogP contribution in [0.1, 0.15) is 22.3 Å². The van der Waals surface area contributed by atoms with Crippen molar-refractivity contribution in [3.8, 4) is 0 Å². The van der Waals surface area contributed by atoms with E-state index in [1.807, 2.05) is 36.2 Å². The highest BCUT2D eigenvalue weighted by molar-refractivity contribution is 7.18. The molecular weight excluding hydrogens is 299 g/mol. The highest BCUT2D eigenvalue weighted by Gasteiger charge is 2.17. The van der Waals surface area contributed by atoms with Gasteiger partial charge in [0.1, 0.15) is 10.8 Å². The zero-order valence-electron chi connectivity index (χ0n) is 12.3. The van der Waals surface area contributed by atoms with Gasteiger partial charge in [-0.15, -0.1) is 11.3 Å². The van der Waals surface area contributed by atoms with Crippen molar-refractivity contribution in [1.29, 1.82) is 0 Å². The molecule has 2 aromatic carbocycles. The molecule has 0 aliphatic rings. The van der Waals surface area contributed by atoms with Crippen molar-refractivity contribution in [3.05, 3.63) is 58.9 Å². The van der Waals surface area contributed by atoms with Gasteiger partial charge in [-0.2, -0.15) is 0 Å². The minimum atomic E-state index is -0.485. The van der Waals surface area contributed by atoms with Crippen LogP contribution in [0.3, 0.4) is 0 Å². The second kappa shape index (κ2) is 5.85. The molecule has 0 saturated heterocycles. The highest BCUT2D eigenvalue weighted by Crippen LogP contribution is 2.27. The summed E-state index contributed by atoms with van der Waals surface area (Å²) < 4.78 is 15.0. The molecule has 0 radical (unpaired) electrons. The number of aromatic nitrogens is 1. The summed E-state index contributed by atoms with van der Waals surface area (Å²) in [5.74, 6) is -0.759. The number of nitrogens with zero attached hydrogens (tertiary/aromatic N) is 2. The minimum Gasteiger partial charge on any atom is -0.367 e. The molecule has 0 amide bonds. The Labute approximate surface area is 132 Å². The van der Waals surface area contributed by atoms with E-state index >= 15 is 0 Å². The Hall–Kier alpha value is -2.27. The SMILES string of the molecule is CC(=O)c1c(F)cccc1N(C)Cc1nc2ccccc2s1. The molecule has 0 fully saturated rings. The van der Waals surface area contributed by atoms with E-state index in [-0.39, 0.29) is 11.3 Å². The summed E-state index contributed by atoms with van der Waals surface area (Å²) in [6.07, 6.45) is 0. The van der Waals surface area contributed by atoms with Gasteiger partial charge >= 0.3 is 0 Å². The van der Waals surface area contributed by atoms with Crippen LogP contribution in [0.2, 0.25) is 0 Å². The van der Waals surface area contributed by atoms with Crippen LogP contribution in [0.15, 0.2) is 42.5 Å². The third-order valence-electron chi connectivity index (χ3n) is 3.47. The van der Waals surface area contributed by atoms with Crippen LogP contribution in [-0.4, -0.2) is 17.8 Å². The lowest BCUT2D eigenvalue weighted by Crippen LogP contribution is -2.19. The van der Waals surface area contributed by atoms with E-state index in [1.54, 1.807) is 23.5 Å². The van der Waals surface area contributed by atoms with Gasteiger partial charge in [0.05, 0.1) is 28.0 Å². The van der Waals surface area contributed by atoms with Gasteiger partial charge in [0.15, 0.2) is 5.78 Å². The number of rotatable bonds is 4. The third-order valence-corrected chi connectivity index (χ3v) is 4.49. The van der Waals surface area contributed by atoms with Gasteiger partial charge in [0, 0.05) is 7.05 Å². The lowest BCUT2D eigenvalue weighted by Gasteiger charge is -2.20. The van der Waals surface area contributed by atoms with Crippen molar-refractivity contribution in [2.24, 2.45) is 0 Å². The summed E-state index contributed by atoms with van der Waals surface area (Å²) in [6.45, 7) is 1.91. The largest absolute Gasteiger partial charge is 0.367 e. The first-order valence-corrected chi connectivity index (χ1v) is 7.73. The summed E-state index contributed by atoms with van der Waals surface area (Å²) in [5.41, 5.74) is 1.68. The lowest BCUT2D eigenvalue weighted by atomic mass is 10.1. The molecule has 0 atom stereocenters. The van der Waals surface area contributed by atoms with Gasteiger partial charge in [-0.1, -0.05) is 18.2 Å². The van der Waals surface area contributed by atoms with Crippen LogP contribution >= 0.6 is 11.3 Å². The summed E-state index contributed by atoms with van der Waals surface area (Å²) in [7, 11) is 1.84. The second-order valence-corrected chi connectivity index (χ2v) is 6.24. The number of carbonyl (C=O) groups excluding carboxylic acids is 1. The van der Waals surface area contributed by atoms with E-state index in [0.29, 0.717) is 12.2 Å². The molecule has 3 rings (SSSR count). The third kappa shape index (κ3) is 2.72. The van der Waals surface area contributed by atoms with Gasteiger partial charge in [-0.3, -0.25) is 4.79 Å². The van der Waals surface area contributed by atoms with Crippen LogP contribution in [0, 0.1) is 5.82 Å². The second-order valence-electron chi connectivity index (χ2n) is 5.12. The molecule has 0 N–H and O–H groups in total. The van der Waals surface area contributed by atoms with E-state index in [0.717, 1.165) is 15.2 Å². The number of carbonyl (C=O) groups is 1. The lowest BCUT2D eigenvalue weighted by molar-refractivity contribution is 0.101. The maximum atomic E-state index is 13.9. The van der Waals surface area contributed by atoms with Crippen molar-refractivity contribution in [1.82, 2.24) is 4.98 Å². The Kier molecular flexibility index (Phi) is 3.90. The van der Waals surface area contributed by atoms with Crippen LogP contribution < -0.4 is 4.90 Å². The number of hydrogen-bond acceptors (Lipinski definition) is 4. The van der Waals surface area contributed by atoms with E-state index in [9.17, 15) is 9.18 Å². The number of ketones is 1. The molecule has 3 nitrogen and oxygen atoms in total. The number of fused-ring (bicyclic) bond motifs is 1. The fourth-order valence-corrected chi connectivity index (χ4v) is 3.48. The maximum Gasteiger partial charge on any atom is 0.164 e. The van der Waals surface area contributed by atoms with Gasteiger partial charge in [0.25, 0.3) is 0 Å². The van der Waals surface area contributed by atoms with Crippen LogP contribution in [0.5, 0.6) is 0 Å². The summed E-state index contributed by atoms with van der Waals surface area (Å²) in [4.78, 5) is 18.1. The summed E-state index contributed by atoms with van der Waals surface area (Å²) in [6, 6.07) is 12.6. The number of hydrogen-bond donors (Lipinski definition) is 0. The fraction of sp³-hybridized carbons (Fsp3) is 0.176. The monoisotopic (exact) mass is 314 g/mol.